The predicted molar refractivity (Wildman–Crippen MR) is 81.1 cm³/mol. The molecule has 3 N–H and O–H groups in total. The molecule has 1 aromatic heterocycles. The van der Waals surface area contributed by atoms with Gasteiger partial charge in [0.2, 0.25) is 5.91 Å². The highest BCUT2D eigenvalue weighted by molar-refractivity contribution is 7.10. The Morgan fingerprint density at radius 2 is 2.45 bits per heavy atom. The Kier molecular flexibility index (Phi) is 6.91. The van der Waals surface area contributed by atoms with Crippen LogP contribution in [0, 0.1) is 0 Å². The number of aliphatic hydroxyl groups is 1. The van der Waals surface area contributed by atoms with E-state index in [1.54, 1.807) is 11.8 Å². The fraction of sp³-hybridized carbons (Fsp3) is 0.615. The summed E-state index contributed by atoms with van der Waals surface area (Å²) in [6, 6.07) is 3.19. The van der Waals surface area contributed by atoms with Crippen LogP contribution in [0.15, 0.2) is 17.5 Å². The third-order valence-corrected chi connectivity index (χ3v) is 4.24. The molecule has 0 saturated carbocycles. The molecule has 0 aromatic carbocycles. The summed E-state index contributed by atoms with van der Waals surface area (Å²) < 4.78 is 5.42. The smallest absolute Gasteiger partial charge is 0.239 e. The van der Waals surface area contributed by atoms with Gasteiger partial charge in [-0.3, -0.25) is 4.79 Å². The highest BCUT2D eigenvalue weighted by Gasteiger charge is 2.30. The van der Waals surface area contributed by atoms with Crippen molar-refractivity contribution in [2.45, 2.75) is 31.5 Å². The van der Waals surface area contributed by atoms with Crippen LogP contribution in [0.5, 0.6) is 0 Å². The molecule has 3 atom stereocenters. The lowest BCUT2D eigenvalue weighted by Crippen LogP contribution is -2.53. The number of amides is 1. The minimum atomic E-state index is -0.560. The standard InChI is InChI=1S/C13H20N2O3S.ClH/c1-9(14)13(17)15-4-5-18-8-10(15)7-11(16)12-3-2-6-19-12;/h2-3,6,9-11,16H,4-5,7-8,14H2,1H3;1H. The van der Waals surface area contributed by atoms with Crippen LogP contribution in [0.3, 0.4) is 0 Å². The summed E-state index contributed by atoms with van der Waals surface area (Å²) in [7, 11) is 0. The van der Waals surface area contributed by atoms with Gasteiger partial charge in [0.25, 0.3) is 0 Å². The van der Waals surface area contributed by atoms with Crippen LogP contribution < -0.4 is 5.73 Å². The first-order chi connectivity index (χ1) is 9.09. The third-order valence-electron chi connectivity index (χ3n) is 3.27. The number of morpholine rings is 1. The average molecular weight is 321 g/mol. The largest absolute Gasteiger partial charge is 0.387 e. The molecule has 1 amide bonds. The monoisotopic (exact) mass is 320 g/mol. The van der Waals surface area contributed by atoms with E-state index in [0.717, 1.165) is 4.88 Å². The molecule has 7 heteroatoms. The SMILES string of the molecule is CC(N)C(=O)N1CCOCC1CC(O)c1cccs1.Cl. The van der Waals surface area contributed by atoms with E-state index in [1.165, 1.54) is 11.3 Å². The Labute approximate surface area is 129 Å². The topological polar surface area (TPSA) is 75.8 Å². The molecule has 0 spiro atoms. The minimum Gasteiger partial charge on any atom is -0.387 e. The second kappa shape index (κ2) is 7.95. The Bertz CT molecular complexity index is 414. The first-order valence-electron chi connectivity index (χ1n) is 6.45. The van der Waals surface area contributed by atoms with E-state index in [0.29, 0.717) is 26.2 Å². The summed E-state index contributed by atoms with van der Waals surface area (Å²) in [6.45, 7) is 3.22. The first-order valence-corrected chi connectivity index (χ1v) is 7.33. The van der Waals surface area contributed by atoms with Crippen molar-refractivity contribution in [1.82, 2.24) is 4.90 Å². The van der Waals surface area contributed by atoms with E-state index in [-0.39, 0.29) is 24.4 Å². The summed E-state index contributed by atoms with van der Waals surface area (Å²) >= 11 is 1.52. The molecule has 1 saturated heterocycles. The molecule has 0 bridgehead atoms. The maximum Gasteiger partial charge on any atom is 0.239 e. The lowest BCUT2D eigenvalue weighted by Gasteiger charge is -2.37. The molecule has 5 nitrogen and oxygen atoms in total. The second-order valence-corrected chi connectivity index (χ2v) is 5.80. The van der Waals surface area contributed by atoms with Crippen LogP contribution in [0.25, 0.3) is 0 Å². The molecule has 0 radical (unpaired) electrons. The highest BCUT2D eigenvalue weighted by atomic mass is 35.5. The Hall–Kier alpha value is -0.660. The number of ether oxygens (including phenoxy) is 1. The maximum absolute atomic E-state index is 12.0. The molecule has 1 aromatic rings. The van der Waals surface area contributed by atoms with Crippen LogP contribution in [0.2, 0.25) is 0 Å². The van der Waals surface area contributed by atoms with Gasteiger partial charge in [-0.2, -0.15) is 0 Å². The number of carbonyl (C=O) groups excluding carboxylic acids is 1. The number of hydrogen-bond acceptors (Lipinski definition) is 5. The molecule has 3 unspecified atom stereocenters. The lowest BCUT2D eigenvalue weighted by atomic mass is 10.0. The predicted octanol–water partition coefficient (Wildman–Crippen LogP) is 1.17. The van der Waals surface area contributed by atoms with Gasteiger partial charge in [-0.1, -0.05) is 6.07 Å². The van der Waals surface area contributed by atoms with Gasteiger partial charge in [-0.05, 0) is 18.4 Å². The van der Waals surface area contributed by atoms with Crippen molar-refractivity contribution in [3.63, 3.8) is 0 Å². The van der Waals surface area contributed by atoms with E-state index in [1.807, 2.05) is 17.5 Å². The Morgan fingerprint density at radius 1 is 1.70 bits per heavy atom. The van der Waals surface area contributed by atoms with Gasteiger partial charge >= 0.3 is 0 Å². The van der Waals surface area contributed by atoms with Crippen molar-refractivity contribution in [2.24, 2.45) is 5.73 Å². The van der Waals surface area contributed by atoms with E-state index in [2.05, 4.69) is 0 Å². The van der Waals surface area contributed by atoms with Gasteiger partial charge in [0, 0.05) is 17.8 Å². The van der Waals surface area contributed by atoms with E-state index >= 15 is 0 Å². The van der Waals surface area contributed by atoms with E-state index in [9.17, 15) is 9.90 Å². The molecular weight excluding hydrogens is 300 g/mol. The van der Waals surface area contributed by atoms with E-state index < -0.39 is 12.1 Å². The Balaban J connectivity index is 0.00000200. The molecule has 2 rings (SSSR count). The van der Waals surface area contributed by atoms with Crippen LogP contribution in [0.4, 0.5) is 0 Å². The van der Waals surface area contributed by atoms with Crippen molar-refractivity contribution in [2.75, 3.05) is 19.8 Å². The fourth-order valence-electron chi connectivity index (χ4n) is 2.26. The molecule has 1 aliphatic heterocycles. The number of nitrogens with zero attached hydrogens (tertiary/aromatic N) is 1. The number of nitrogens with two attached hydrogens (primary N) is 1. The molecular formula is C13H21ClN2O3S. The van der Waals surface area contributed by atoms with Crippen LogP contribution in [-0.4, -0.2) is 47.8 Å². The van der Waals surface area contributed by atoms with Crippen molar-refractivity contribution < 1.29 is 14.6 Å². The molecule has 1 fully saturated rings. The number of carbonyl (C=O) groups is 1. The highest BCUT2D eigenvalue weighted by Crippen LogP contribution is 2.26. The maximum atomic E-state index is 12.0. The zero-order valence-electron chi connectivity index (χ0n) is 11.4. The number of aliphatic hydroxyl groups excluding tert-OH is 1. The molecule has 2 heterocycles. The fourth-order valence-corrected chi connectivity index (χ4v) is 2.98. The zero-order chi connectivity index (χ0) is 13.8. The summed E-state index contributed by atoms with van der Waals surface area (Å²) in [5.74, 6) is -0.0771. The second-order valence-electron chi connectivity index (χ2n) is 4.82. The first kappa shape index (κ1) is 17.4. The molecule has 0 aliphatic carbocycles. The summed E-state index contributed by atoms with van der Waals surface area (Å²) in [6.07, 6.45) is -0.0750. The van der Waals surface area contributed by atoms with E-state index in [4.69, 9.17) is 10.5 Å². The van der Waals surface area contributed by atoms with Gasteiger partial charge in [0.1, 0.15) is 0 Å². The third kappa shape index (κ3) is 4.17. The average Bonchev–Trinajstić information content (AvgIpc) is 2.92. The molecule has 114 valence electrons. The van der Waals surface area contributed by atoms with Gasteiger partial charge in [-0.25, -0.2) is 0 Å². The summed E-state index contributed by atoms with van der Waals surface area (Å²) in [5.41, 5.74) is 5.66. The number of rotatable bonds is 4. The van der Waals surface area contributed by atoms with Crippen molar-refractivity contribution in [3.05, 3.63) is 22.4 Å². The van der Waals surface area contributed by atoms with Crippen LogP contribution in [-0.2, 0) is 9.53 Å². The van der Waals surface area contributed by atoms with Crippen molar-refractivity contribution in [3.8, 4) is 0 Å². The van der Waals surface area contributed by atoms with Crippen molar-refractivity contribution in [1.29, 1.82) is 0 Å². The Morgan fingerprint density at radius 3 is 3.05 bits per heavy atom. The van der Waals surface area contributed by atoms with Gasteiger partial charge in [0.15, 0.2) is 0 Å². The quantitative estimate of drug-likeness (QED) is 0.873. The number of thiophene rings is 1. The number of hydrogen-bond donors (Lipinski definition) is 2. The molecule has 20 heavy (non-hydrogen) atoms. The van der Waals surface area contributed by atoms with Gasteiger partial charge in [-0.15, -0.1) is 23.7 Å². The zero-order valence-corrected chi connectivity index (χ0v) is 13.0. The van der Waals surface area contributed by atoms with Crippen LogP contribution in [0.1, 0.15) is 24.3 Å². The summed E-state index contributed by atoms with van der Waals surface area (Å²) in [4.78, 5) is 14.7. The minimum absolute atomic E-state index is 0. The van der Waals surface area contributed by atoms with Gasteiger partial charge < -0.3 is 20.5 Å². The summed E-state index contributed by atoms with van der Waals surface area (Å²) in [5, 5.41) is 12.1. The lowest BCUT2D eigenvalue weighted by molar-refractivity contribution is -0.142. The molecule has 1 aliphatic rings. The van der Waals surface area contributed by atoms with Gasteiger partial charge in [0.05, 0.1) is 31.4 Å². The normalized spacial score (nSPS) is 21.9. The van der Waals surface area contributed by atoms with Crippen LogP contribution >= 0.6 is 23.7 Å². The van der Waals surface area contributed by atoms with Crippen molar-refractivity contribution >= 4 is 29.7 Å². The number of halogens is 1.